The zero-order valence-corrected chi connectivity index (χ0v) is 12.3. The van der Waals surface area contributed by atoms with Crippen LogP contribution in [0.25, 0.3) is 0 Å². The van der Waals surface area contributed by atoms with Crippen LogP contribution in [0.1, 0.15) is 36.7 Å². The molecular formula is C13H19BrN2O. The van der Waals surface area contributed by atoms with Crippen LogP contribution in [0, 0.1) is 12.8 Å². The number of nitrogens with two attached hydrogens (primary N) is 1. The quantitative estimate of drug-likeness (QED) is 0.843. The fourth-order valence-electron chi connectivity index (χ4n) is 1.39. The zero-order valence-electron chi connectivity index (χ0n) is 10.7. The second-order valence-electron chi connectivity index (χ2n) is 4.67. The molecule has 0 radical (unpaired) electrons. The predicted molar refractivity (Wildman–Crippen MR) is 75.1 cm³/mol. The molecule has 0 spiro atoms. The summed E-state index contributed by atoms with van der Waals surface area (Å²) < 4.78 is 0.822. The Morgan fingerprint density at radius 2 is 1.94 bits per heavy atom. The van der Waals surface area contributed by atoms with Crippen molar-refractivity contribution in [3.8, 4) is 0 Å². The molecule has 0 aliphatic rings. The number of carbonyl (C=O) groups excluding carboxylic acids is 1. The van der Waals surface area contributed by atoms with E-state index in [2.05, 4.69) is 35.1 Å². The van der Waals surface area contributed by atoms with Crippen LogP contribution in [0.5, 0.6) is 0 Å². The molecule has 1 aromatic carbocycles. The normalized spacial score (nSPS) is 12.6. The van der Waals surface area contributed by atoms with E-state index in [0.717, 1.165) is 10.0 Å². The number of nitrogens with one attached hydrogen (secondary N) is 1. The first-order valence-corrected chi connectivity index (χ1v) is 6.48. The van der Waals surface area contributed by atoms with E-state index in [1.807, 2.05) is 13.8 Å². The fourth-order valence-corrected chi connectivity index (χ4v) is 1.86. The Balaban J connectivity index is 2.97. The van der Waals surface area contributed by atoms with Crippen molar-refractivity contribution in [2.45, 2.75) is 33.7 Å². The average Bonchev–Trinajstić information content (AvgIpc) is 2.22. The third kappa shape index (κ3) is 3.46. The highest BCUT2D eigenvalue weighted by molar-refractivity contribution is 9.10. The van der Waals surface area contributed by atoms with Crippen LogP contribution >= 0.6 is 15.9 Å². The number of carbonyl (C=O) groups is 1. The Bertz CT molecular complexity index is 430. The molecule has 0 aliphatic heterocycles. The minimum atomic E-state index is -0.0725. The van der Waals surface area contributed by atoms with Gasteiger partial charge in [-0.1, -0.05) is 29.8 Å². The van der Waals surface area contributed by atoms with E-state index in [4.69, 9.17) is 5.73 Å². The number of halogens is 1. The van der Waals surface area contributed by atoms with Crippen LogP contribution in [-0.2, 0) is 0 Å². The van der Waals surface area contributed by atoms with Gasteiger partial charge in [0.15, 0.2) is 0 Å². The third-order valence-electron chi connectivity index (χ3n) is 3.02. The molecule has 0 heterocycles. The van der Waals surface area contributed by atoms with E-state index in [1.54, 1.807) is 12.1 Å². The summed E-state index contributed by atoms with van der Waals surface area (Å²) in [5.74, 6) is 0.334. The summed E-state index contributed by atoms with van der Waals surface area (Å²) in [5.41, 5.74) is 7.92. The minimum absolute atomic E-state index is 0.0725. The lowest BCUT2D eigenvalue weighted by atomic mass is 10.0. The van der Waals surface area contributed by atoms with Crippen molar-refractivity contribution < 1.29 is 4.79 Å². The molecule has 1 rings (SSSR count). The lowest BCUT2D eigenvalue weighted by Gasteiger charge is -2.18. The molecule has 4 heteroatoms. The summed E-state index contributed by atoms with van der Waals surface area (Å²) in [7, 11) is 0. The lowest BCUT2D eigenvalue weighted by molar-refractivity contribution is 0.0930. The molecule has 0 saturated heterocycles. The molecule has 3 N–H and O–H groups in total. The standard InChI is InChI=1S/C13H19BrN2O/c1-7(2)9(4)16-13(17)11-5-10(14)6-12(15)8(11)3/h5-7,9H,15H2,1-4H3,(H,16,17). The number of nitrogen functional groups attached to an aromatic ring is 1. The molecule has 3 nitrogen and oxygen atoms in total. The van der Waals surface area contributed by atoms with E-state index >= 15 is 0 Å². The van der Waals surface area contributed by atoms with Gasteiger partial charge in [-0.2, -0.15) is 0 Å². The predicted octanol–water partition coefficient (Wildman–Crippen LogP) is 3.11. The van der Waals surface area contributed by atoms with Crippen molar-refractivity contribution in [2.75, 3.05) is 5.73 Å². The van der Waals surface area contributed by atoms with Crippen molar-refractivity contribution in [3.05, 3.63) is 27.7 Å². The maximum absolute atomic E-state index is 12.1. The molecule has 0 aromatic heterocycles. The molecular weight excluding hydrogens is 280 g/mol. The van der Waals surface area contributed by atoms with Gasteiger partial charge in [0, 0.05) is 21.8 Å². The molecule has 1 aromatic rings. The van der Waals surface area contributed by atoms with Gasteiger partial charge < -0.3 is 11.1 Å². The Morgan fingerprint density at radius 3 is 2.47 bits per heavy atom. The molecule has 0 aliphatic carbocycles. The van der Waals surface area contributed by atoms with E-state index in [9.17, 15) is 4.79 Å². The van der Waals surface area contributed by atoms with Gasteiger partial charge in [-0.25, -0.2) is 0 Å². The number of hydrogen-bond donors (Lipinski definition) is 2. The van der Waals surface area contributed by atoms with Crippen molar-refractivity contribution >= 4 is 27.5 Å². The van der Waals surface area contributed by atoms with Gasteiger partial charge in [-0.05, 0) is 37.5 Å². The SMILES string of the molecule is Cc1c(N)cc(Br)cc1C(=O)NC(C)C(C)C. The first-order valence-electron chi connectivity index (χ1n) is 5.69. The Kier molecular flexibility index (Phi) is 4.57. The highest BCUT2D eigenvalue weighted by Crippen LogP contribution is 2.22. The summed E-state index contributed by atoms with van der Waals surface area (Å²) in [6, 6.07) is 3.74. The molecule has 0 bridgehead atoms. The van der Waals surface area contributed by atoms with E-state index < -0.39 is 0 Å². The minimum Gasteiger partial charge on any atom is -0.398 e. The van der Waals surface area contributed by atoms with Gasteiger partial charge in [0.05, 0.1) is 0 Å². The highest BCUT2D eigenvalue weighted by Gasteiger charge is 2.15. The first kappa shape index (κ1) is 14.0. The van der Waals surface area contributed by atoms with Crippen molar-refractivity contribution in [1.82, 2.24) is 5.32 Å². The van der Waals surface area contributed by atoms with Crippen LogP contribution < -0.4 is 11.1 Å². The summed E-state index contributed by atoms with van der Waals surface area (Å²) in [6.07, 6.45) is 0. The zero-order chi connectivity index (χ0) is 13.2. The third-order valence-corrected chi connectivity index (χ3v) is 3.47. The van der Waals surface area contributed by atoms with E-state index in [1.165, 1.54) is 0 Å². The number of amides is 1. The molecule has 0 fully saturated rings. The van der Waals surface area contributed by atoms with Crippen LogP contribution in [0.15, 0.2) is 16.6 Å². The molecule has 1 amide bonds. The summed E-state index contributed by atoms with van der Waals surface area (Å²) in [4.78, 5) is 12.1. The largest absolute Gasteiger partial charge is 0.398 e. The Labute approximate surface area is 111 Å². The molecule has 1 atom stereocenters. The molecule has 0 saturated carbocycles. The van der Waals surface area contributed by atoms with Crippen LogP contribution in [-0.4, -0.2) is 11.9 Å². The fraction of sp³-hybridized carbons (Fsp3) is 0.462. The van der Waals surface area contributed by atoms with Gasteiger partial charge in [-0.3, -0.25) is 4.79 Å². The molecule has 17 heavy (non-hydrogen) atoms. The van der Waals surface area contributed by atoms with E-state index in [-0.39, 0.29) is 11.9 Å². The van der Waals surface area contributed by atoms with Crippen LogP contribution in [0.3, 0.4) is 0 Å². The Hall–Kier alpha value is -1.03. The van der Waals surface area contributed by atoms with Gasteiger partial charge in [0.25, 0.3) is 5.91 Å². The summed E-state index contributed by atoms with van der Waals surface area (Å²) in [6.45, 7) is 8.01. The van der Waals surface area contributed by atoms with Crippen molar-refractivity contribution in [2.24, 2.45) is 5.92 Å². The first-order chi connectivity index (χ1) is 7.82. The topological polar surface area (TPSA) is 55.1 Å². The van der Waals surface area contributed by atoms with Crippen LogP contribution in [0.2, 0.25) is 0 Å². The second-order valence-corrected chi connectivity index (χ2v) is 5.59. The van der Waals surface area contributed by atoms with E-state index in [0.29, 0.717) is 17.2 Å². The molecule has 1 unspecified atom stereocenters. The number of benzene rings is 1. The Morgan fingerprint density at radius 1 is 1.35 bits per heavy atom. The van der Waals surface area contributed by atoms with Crippen LogP contribution in [0.4, 0.5) is 5.69 Å². The lowest BCUT2D eigenvalue weighted by Crippen LogP contribution is -2.36. The average molecular weight is 299 g/mol. The van der Waals surface area contributed by atoms with Crippen molar-refractivity contribution in [3.63, 3.8) is 0 Å². The maximum Gasteiger partial charge on any atom is 0.251 e. The number of hydrogen-bond acceptors (Lipinski definition) is 2. The summed E-state index contributed by atoms with van der Waals surface area (Å²) >= 11 is 3.35. The van der Waals surface area contributed by atoms with Gasteiger partial charge in [0.2, 0.25) is 0 Å². The van der Waals surface area contributed by atoms with Gasteiger partial charge >= 0.3 is 0 Å². The van der Waals surface area contributed by atoms with Gasteiger partial charge in [-0.15, -0.1) is 0 Å². The highest BCUT2D eigenvalue weighted by atomic mass is 79.9. The smallest absolute Gasteiger partial charge is 0.251 e. The number of anilines is 1. The maximum atomic E-state index is 12.1. The number of rotatable bonds is 3. The second kappa shape index (κ2) is 5.54. The molecule has 94 valence electrons. The van der Waals surface area contributed by atoms with Crippen molar-refractivity contribution in [1.29, 1.82) is 0 Å². The van der Waals surface area contributed by atoms with Gasteiger partial charge in [0.1, 0.15) is 0 Å². The summed E-state index contributed by atoms with van der Waals surface area (Å²) in [5, 5.41) is 2.98. The monoisotopic (exact) mass is 298 g/mol.